The first-order valence-electron chi connectivity index (χ1n) is 5.93. The van der Waals surface area contributed by atoms with Crippen LogP contribution in [0.1, 0.15) is 30.1 Å². The second-order valence-corrected chi connectivity index (χ2v) is 4.70. The molecule has 0 spiro atoms. The quantitative estimate of drug-likeness (QED) is 0.649. The second kappa shape index (κ2) is 8.02. The summed E-state index contributed by atoms with van der Waals surface area (Å²) in [6.45, 7) is 2.21. The third kappa shape index (κ3) is 5.49. The first-order chi connectivity index (χ1) is 9.04. The van der Waals surface area contributed by atoms with Gasteiger partial charge in [-0.3, -0.25) is 9.59 Å². The molecule has 1 aromatic rings. The van der Waals surface area contributed by atoms with Crippen molar-refractivity contribution in [1.29, 1.82) is 0 Å². The Morgan fingerprint density at radius 2 is 2.00 bits per heavy atom. The van der Waals surface area contributed by atoms with E-state index in [1.807, 2.05) is 6.92 Å². The Hall–Kier alpha value is -1.26. The number of halogens is 2. The fourth-order valence-corrected chi connectivity index (χ4v) is 1.57. The van der Waals surface area contributed by atoms with Crippen molar-refractivity contribution in [3.63, 3.8) is 0 Å². The van der Waals surface area contributed by atoms with Crippen LogP contribution in [0.15, 0.2) is 18.2 Å². The van der Waals surface area contributed by atoms with Crippen molar-refractivity contribution in [3.8, 4) is 0 Å². The molecule has 0 saturated carbocycles. The minimum atomic E-state index is -0.457. The molecule has 0 aliphatic rings. The minimum Gasteiger partial charge on any atom is -0.464 e. The highest BCUT2D eigenvalue weighted by Gasteiger charge is 2.10. The highest BCUT2D eigenvalue weighted by molar-refractivity contribution is 6.42. The number of rotatable bonds is 6. The van der Waals surface area contributed by atoms with E-state index in [4.69, 9.17) is 27.9 Å². The third-order valence-electron chi connectivity index (χ3n) is 2.34. The molecule has 4 nitrogen and oxygen atoms in total. The Labute approximate surface area is 122 Å². The predicted octanol–water partition coefficient (Wildman–Crippen LogP) is 3.07. The monoisotopic (exact) mass is 303 g/mol. The van der Waals surface area contributed by atoms with E-state index in [2.05, 4.69) is 5.32 Å². The smallest absolute Gasteiger partial charge is 0.325 e. The normalized spacial score (nSPS) is 10.1. The summed E-state index contributed by atoms with van der Waals surface area (Å²) in [5.74, 6) is -0.854. The summed E-state index contributed by atoms with van der Waals surface area (Å²) in [6, 6.07) is 4.51. The number of carbonyl (C=O) groups excluding carboxylic acids is 2. The number of nitrogens with one attached hydrogen (secondary N) is 1. The van der Waals surface area contributed by atoms with E-state index in [9.17, 15) is 9.59 Å². The van der Waals surface area contributed by atoms with Gasteiger partial charge in [-0.05, 0) is 24.6 Å². The molecule has 0 bridgehead atoms. The summed E-state index contributed by atoms with van der Waals surface area (Å²) in [7, 11) is 0. The van der Waals surface area contributed by atoms with Gasteiger partial charge in [0.1, 0.15) is 6.54 Å². The number of ether oxygens (including phenoxy) is 1. The van der Waals surface area contributed by atoms with Crippen molar-refractivity contribution < 1.29 is 14.3 Å². The first-order valence-corrected chi connectivity index (χ1v) is 6.69. The molecule has 0 aliphatic heterocycles. The van der Waals surface area contributed by atoms with Gasteiger partial charge in [-0.1, -0.05) is 36.5 Å². The Morgan fingerprint density at radius 3 is 2.63 bits per heavy atom. The molecule has 6 heteroatoms. The molecular formula is C13H15Cl2NO3. The highest BCUT2D eigenvalue weighted by Crippen LogP contribution is 2.22. The zero-order chi connectivity index (χ0) is 14.3. The van der Waals surface area contributed by atoms with E-state index in [0.717, 1.165) is 12.8 Å². The molecule has 1 rings (SSSR count). The average Bonchev–Trinajstić information content (AvgIpc) is 2.39. The molecule has 19 heavy (non-hydrogen) atoms. The average molecular weight is 304 g/mol. The number of benzene rings is 1. The van der Waals surface area contributed by atoms with Crippen LogP contribution in [-0.4, -0.2) is 25.0 Å². The lowest BCUT2D eigenvalue weighted by Crippen LogP contribution is -2.30. The van der Waals surface area contributed by atoms with Crippen molar-refractivity contribution in [2.75, 3.05) is 13.2 Å². The van der Waals surface area contributed by atoms with E-state index in [1.54, 1.807) is 0 Å². The summed E-state index contributed by atoms with van der Waals surface area (Å²) < 4.78 is 4.91. The van der Waals surface area contributed by atoms with Gasteiger partial charge in [0.25, 0.3) is 5.91 Å². The Morgan fingerprint density at radius 1 is 1.26 bits per heavy atom. The summed E-state index contributed by atoms with van der Waals surface area (Å²) in [4.78, 5) is 23.0. The van der Waals surface area contributed by atoms with Gasteiger partial charge in [-0.2, -0.15) is 0 Å². The molecule has 0 radical (unpaired) electrons. The maximum atomic E-state index is 11.7. The highest BCUT2D eigenvalue weighted by atomic mass is 35.5. The second-order valence-electron chi connectivity index (χ2n) is 3.89. The molecule has 0 saturated heterocycles. The van der Waals surface area contributed by atoms with Gasteiger partial charge >= 0.3 is 5.97 Å². The molecule has 0 heterocycles. The first kappa shape index (κ1) is 15.8. The van der Waals surface area contributed by atoms with Crippen molar-refractivity contribution in [2.24, 2.45) is 0 Å². The Balaban J connectivity index is 2.42. The molecule has 1 N–H and O–H groups in total. The van der Waals surface area contributed by atoms with Crippen LogP contribution in [0.4, 0.5) is 0 Å². The van der Waals surface area contributed by atoms with E-state index in [1.165, 1.54) is 18.2 Å². The minimum absolute atomic E-state index is 0.164. The maximum absolute atomic E-state index is 11.7. The van der Waals surface area contributed by atoms with Crippen molar-refractivity contribution in [1.82, 2.24) is 5.32 Å². The van der Waals surface area contributed by atoms with Gasteiger partial charge in [-0.25, -0.2) is 0 Å². The van der Waals surface area contributed by atoms with Crippen LogP contribution in [0, 0.1) is 0 Å². The SMILES string of the molecule is CCCCOC(=O)CNC(=O)c1ccc(Cl)c(Cl)c1. The number of hydrogen-bond acceptors (Lipinski definition) is 3. The summed E-state index contributed by atoms with van der Waals surface area (Å²) >= 11 is 11.5. The zero-order valence-corrected chi connectivity index (χ0v) is 12.1. The number of unbranched alkanes of at least 4 members (excludes halogenated alkanes) is 1. The number of esters is 1. The molecule has 104 valence electrons. The van der Waals surface area contributed by atoms with Crippen molar-refractivity contribution >= 4 is 35.1 Å². The number of carbonyl (C=O) groups is 2. The largest absolute Gasteiger partial charge is 0.464 e. The molecule has 0 unspecified atom stereocenters. The van der Waals surface area contributed by atoms with Crippen LogP contribution in [0.3, 0.4) is 0 Å². The fourth-order valence-electron chi connectivity index (χ4n) is 1.27. The van der Waals surface area contributed by atoms with Crippen LogP contribution in [0.25, 0.3) is 0 Å². The van der Waals surface area contributed by atoms with Crippen LogP contribution >= 0.6 is 23.2 Å². The number of amides is 1. The van der Waals surface area contributed by atoms with Gasteiger partial charge in [0.15, 0.2) is 0 Å². The molecule has 0 fully saturated rings. The van der Waals surface area contributed by atoms with Crippen LogP contribution < -0.4 is 5.32 Å². The van der Waals surface area contributed by atoms with E-state index in [-0.39, 0.29) is 6.54 Å². The molecule has 1 aromatic carbocycles. The van der Waals surface area contributed by atoms with Gasteiger partial charge in [-0.15, -0.1) is 0 Å². The Bertz CT molecular complexity index is 463. The van der Waals surface area contributed by atoms with Gasteiger partial charge < -0.3 is 10.1 Å². The third-order valence-corrected chi connectivity index (χ3v) is 3.08. The Kier molecular flexibility index (Phi) is 6.67. The summed E-state index contributed by atoms with van der Waals surface area (Å²) in [5.41, 5.74) is 0.343. The van der Waals surface area contributed by atoms with Crippen LogP contribution in [0.5, 0.6) is 0 Å². The van der Waals surface area contributed by atoms with E-state index < -0.39 is 11.9 Å². The van der Waals surface area contributed by atoms with Crippen molar-refractivity contribution in [2.45, 2.75) is 19.8 Å². The maximum Gasteiger partial charge on any atom is 0.325 e. The summed E-state index contributed by atoms with van der Waals surface area (Å²) in [5, 5.41) is 3.12. The summed E-state index contributed by atoms with van der Waals surface area (Å²) in [6.07, 6.45) is 1.76. The van der Waals surface area contributed by atoms with Gasteiger partial charge in [0.2, 0.25) is 0 Å². The molecule has 0 aliphatic carbocycles. The van der Waals surface area contributed by atoms with Crippen LogP contribution in [-0.2, 0) is 9.53 Å². The lowest BCUT2D eigenvalue weighted by Gasteiger charge is -2.06. The van der Waals surface area contributed by atoms with Crippen LogP contribution in [0.2, 0.25) is 10.0 Å². The molecule has 0 aromatic heterocycles. The van der Waals surface area contributed by atoms with E-state index >= 15 is 0 Å². The lowest BCUT2D eigenvalue weighted by molar-refractivity contribution is -0.142. The molecule has 0 atom stereocenters. The molecule has 1 amide bonds. The topological polar surface area (TPSA) is 55.4 Å². The standard InChI is InChI=1S/C13H15Cl2NO3/c1-2-3-6-19-12(17)8-16-13(18)9-4-5-10(14)11(15)7-9/h4-5,7H,2-3,6,8H2,1H3,(H,16,18). The van der Waals surface area contributed by atoms with Gasteiger partial charge in [0.05, 0.1) is 16.7 Å². The zero-order valence-electron chi connectivity index (χ0n) is 10.5. The predicted molar refractivity (Wildman–Crippen MR) is 74.7 cm³/mol. The fraction of sp³-hybridized carbons (Fsp3) is 0.385. The van der Waals surface area contributed by atoms with E-state index in [0.29, 0.717) is 22.2 Å². The number of hydrogen-bond donors (Lipinski definition) is 1. The van der Waals surface area contributed by atoms with Gasteiger partial charge in [0, 0.05) is 5.56 Å². The van der Waals surface area contributed by atoms with Crippen molar-refractivity contribution in [3.05, 3.63) is 33.8 Å². The molecular weight excluding hydrogens is 289 g/mol. The lowest BCUT2D eigenvalue weighted by atomic mass is 10.2.